The van der Waals surface area contributed by atoms with Crippen LogP contribution in [0.4, 0.5) is 9.18 Å². The second-order valence-corrected chi connectivity index (χ2v) is 8.91. The summed E-state index contributed by atoms with van der Waals surface area (Å²) in [6.07, 6.45) is 2.38. The molecule has 166 valence electrons. The number of ether oxygens (including phenoxy) is 1. The molecule has 0 unspecified atom stereocenters. The van der Waals surface area contributed by atoms with E-state index in [-0.39, 0.29) is 34.1 Å². The molecule has 7 nitrogen and oxygen atoms in total. The zero-order valence-electron chi connectivity index (χ0n) is 16.5. The molecule has 2 aromatic carbocycles. The molecular formula is C22H12BrClFN3O4S. The van der Waals surface area contributed by atoms with E-state index in [9.17, 15) is 18.8 Å². The third-order valence-electron chi connectivity index (χ3n) is 4.39. The van der Waals surface area contributed by atoms with Crippen molar-refractivity contribution >= 4 is 62.3 Å². The Bertz CT molecular complexity index is 1300. The van der Waals surface area contributed by atoms with Crippen molar-refractivity contribution in [2.75, 3.05) is 6.54 Å². The van der Waals surface area contributed by atoms with Gasteiger partial charge in [0.25, 0.3) is 17.0 Å². The molecular weight excluding hydrogens is 537 g/mol. The molecule has 0 spiro atoms. The molecule has 0 radical (unpaired) electrons. The average molecular weight is 549 g/mol. The van der Waals surface area contributed by atoms with Gasteiger partial charge in [-0.25, -0.2) is 4.98 Å². The van der Waals surface area contributed by atoms with Gasteiger partial charge in [-0.1, -0.05) is 40.2 Å². The molecule has 3 aromatic rings. The average Bonchev–Trinajstić information content (AvgIpc) is 3.04. The minimum atomic E-state index is -0.790. The predicted molar refractivity (Wildman–Crippen MR) is 125 cm³/mol. The van der Waals surface area contributed by atoms with Gasteiger partial charge in [-0.05, 0) is 59.3 Å². The summed E-state index contributed by atoms with van der Waals surface area (Å²) in [6.45, 7) is -0.361. The van der Waals surface area contributed by atoms with Crippen molar-refractivity contribution in [1.29, 1.82) is 0 Å². The van der Waals surface area contributed by atoms with Crippen LogP contribution in [0, 0.1) is 5.82 Å². The van der Waals surface area contributed by atoms with Gasteiger partial charge in [0, 0.05) is 10.0 Å². The Balaban J connectivity index is 1.50. The van der Waals surface area contributed by atoms with E-state index in [4.69, 9.17) is 16.3 Å². The van der Waals surface area contributed by atoms with Gasteiger partial charge in [0.05, 0.1) is 17.6 Å². The number of hydrogen-bond acceptors (Lipinski definition) is 7. The van der Waals surface area contributed by atoms with Gasteiger partial charge < -0.3 is 4.74 Å². The van der Waals surface area contributed by atoms with Crippen molar-refractivity contribution in [3.05, 3.63) is 86.3 Å². The summed E-state index contributed by atoms with van der Waals surface area (Å²) >= 11 is 9.69. The second-order valence-electron chi connectivity index (χ2n) is 6.66. The van der Waals surface area contributed by atoms with E-state index in [1.807, 2.05) is 0 Å². The van der Waals surface area contributed by atoms with Crippen LogP contribution in [0.25, 0.3) is 6.08 Å². The molecule has 1 aromatic heterocycles. The van der Waals surface area contributed by atoms with E-state index in [1.165, 1.54) is 12.1 Å². The van der Waals surface area contributed by atoms with Gasteiger partial charge in [-0.3, -0.25) is 19.3 Å². The van der Waals surface area contributed by atoms with Crippen LogP contribution in [-0.2, 0) is 4.79 Å². The van der Waals surface area contributed by atoms with Crippen LogP contribution in [-0.4, -0.2) is 38.3 Å². The smallest absolute Gasteiger partial charge is 0.293 e. The minimum Gasteiger partial charge on any atom is -0.436 e. The maximum Gasteiger partial charge on any atom is 0.293 e. The first kappa shape index (κ1) is 23.1. The number of ketones is 1. The van der Waals surface area contributed by atoms with E-state index < -0.39 is 17.0 Å². The van der Waals surface area contributed by atoms with Gasteiger partial charge in [0.15, 0.2) is 5.78 Å². The topological polar surface area (TPSA) is 89.5 Å². The number of nitrogens with zero attached hydrogens (tertiary/aromatic N) is 3. The fourth-order valence-corrected chi connectivity index (χ4v) is 4.07. The Morgan fingerprint density at radius 2 is 1.97 bits per heavy atom. The molecule has 0 N–H and O–H groups in total. The summed E-state index contributed by atoms with van der Waals surface area (Å²) in [6, 6.07) is 13.0. The van der Waals surface area contributed by atoms with Crippen molar-refractivity contribution < 1.29 is 23.5 Å². The lowest BCUT2D eigenvalue weighted by atomic mass is 10.1. The van der Waals surface area contributed by atoms with Gasteiger partial charge in [0.1, 0.15) is 5.75 Å². The second kappa shape index (κ2) is 9.82. The van der Waals surface area contributed by atoms with Gasteiger partial charge in [-0.2, -0.15) is 9.37 Å². The molecule has 11 heteroatoms. The lowest BCUT2D eigenvalue weighted by Gasteiger charge is -2.11. The van der Waals surface area contributed by atoms with Crippen molar-refractivity contribution in [3.8, 4) is 11.6 Å². The monoisotopic (exact) mass is 547 g/mol. The van der Waals surface area contributed by atoms with Crippen LogP contribution >= 0.6 is 39.3 Å². The van der Waals surface area contributed by atoms with Crippen LogP contribution < -0.4 is 4.74 Å². The molecule has 33 heavy (non-hydrogen) atoms. The summed E-state index contributed by atoms with van der Waals surface area (Å²) in [4.78, 5) is 45.8. The van der Waals surface area contributed by atoms with E-state index >= 15 is 0 Å². The summed E-state index contributed by atoms with van der Waals surface area (Å²) in [5, 5.41) is -0.712. The normalized spacial score (nSPS) is 14.8. The number of Topliss-reactive ketones (excluding diaryl/α,β-unsaturated/α-hetero) is 1. The highest BCUT2D eigenvalue weighted by atomic mass is 79.9. The van der Waals surface area contributed by atoms with Crippen molar-refractivity contribution in [1.82, 2.24) is 14.9 Å². The third kappa shape index (κ3) is 5.47. The lowest BCUT2D eigenvalue weighted by molar-refractivity contribution is -0.122. The summed E-state index contributed by atoms with van der Waals surface area (Å²) < 4.78 is 20.1. The molecule has 1 aliphatic rings. The van der Waals surface area contributed by atoms with Crippen LogP contribution in [0.15, 0.2) is 64.1 Å². The largest absolute Gasteiger partial charge is 0.436 e. The van der Waals surface area contributed by atoms with Crippen molar-refractivity contribution in [2.24, 2.45) is 0 Å². The molecule has 0 atom stereocenters. The number of imide groups is 1. The van der Waals surface area contributed by atoms with E-state index in [0.717, 1.165) is 27.3 Å². The first-order chi connectivity index (χ1) is 15.8. The number of aromatic nitrogens is 2. The van der Waals surface area contributed by atoms with Gasteiger partial charge in [0.2, 0.25) is 11.1 Å². The number of benzene rings is 2. The number of hydrogen-bond donors (Lipinski definition) is 0. The predicted octanol–water partition coefficient (Wildman–Crippen LogP) is 5.74. The molecule has 2 amide bonds. The Hall–Kier alpha value is -3.08. The van der Waals surface area contributed by atoms with Crippen LogP contribution in [0.1, 0.15) is 15.9 Å². The Morgan fingerprint density at radius 3 is 2.73 bits per heavy atom. The highest BCUT2D eigenvalue weighted by Gasteiger charge is 2.36. The fourth-order valence-electron chi connectivity index (χ4n) is 2.84. The Labute approximate surface area is 204 Å². The zero-order valence-corrected chi connectivity index (χ0v) is 19.7. The van der Waals surface area contributed by atoms with E-state index in [1.54, 1.807) is 42.5 Å². The fraction of sp³-hybridized carbons (Fsp3) is 0.0455. The SMILES string of the molecule is O=C(CN1C(=O)S/C(=C/c2cccc(Oc3nc(Cl)ncc3F)c2)C1=O)c1ccc(Br)cc1. The molecule has 1 saturated heterocycles. The first-order valence-corrected chi connectivity index (χ1v) is 11.3. The highest BCUT2D eigenvalue weighted by Crippen LogP contribution is 2.33. The van der Waals surface area contributed by atoms with Crippen LogP contribution in [0.2, 0.25) is 5.28 Å². The molecule has 0 saturated carbocycles. The highest BCUT2D eigenvalue weighted by molar-refractivity contribution is 9.10. The Morgan fingerprint density at radius 1 is 1.21 bits per heavy atom. The molecule has 0 bridgehead atoms. The summed E-state index contributed by atoms with van der Waals surface area (Å²) in [7, 11) is 0. The van der Waals surface area contributed by atoms with Crippen LogP contribution in [0.5, 0.6) is 11.6 Å². The van der Waals surface area contributed by atoms with Crippen molar-refractivity contribution in [2.45, 2.75) is 0 Å². The van der Waals surface area contributed by atoms with E-state index in [2.05, 4.69) is 25.9 Å². The number of carbonyl (C=O) groups is 3. The maximum atomic E-state index is 13.8. The molecule has 2 heterocycles. The lowest BCUT2D eigenvalue weighted by Crippen LogP contribution is -2.33. The van der Waals surface area contributed by atoms with Gasteiger partial charge in [-0.15, -0.1) is 0 Å². The molecule has 4 rings (SSSR count). The molecule has 0 aliphatic carbocycles. The van der Waals surface area contributed by atoms with Crippen molar-refractivity contribution in [3.63, 3.8) is 0 Å². The number of amides is 2. The van der Waals surface area contributed by atoms with Crippen LogP contribution in [0.3, 0.4) is 0 Å². The Kier molecular flexibility index (Phi) is 6.87. The summed E-state index contributed by atoms with van der Waals surface area (Å²) in [5.41, 5.74) is 0.918. The number of rotatable bonds is 6. The zero-order chi connectivity index (χ0) is 23.5. The standard InChI is InChI=1S/C22H12BrClFN3O4S/c23-14-6-4-13(5-7-14)17(29)11-28-20(30)18(33-22(28)31)9-12-2-1-3-15(8-12)32-19-16(25)10-26-21(24)27-19/h1-10H,11H2/b18-9+. The summed E-state index contributed by atoms with van der Waals surface area (Å²) in [5.74, 6) is -1.83. The van der Waals surface area contributed by atoms with E-state index in [0.29, 0.717) is 11.1 Å². The quantitative estimate of drug-likeness (QED) is 0.220. The molecule has 1 fully saturated rings. The third-order valence-corrected chi connectivity index (χ3v) is 6.01. The van der Waals surface area contributed by atoms with Gasteiger partial charge >= 0.3 is 0 Å². The first-order valence-electron chi connectivity index (χ1n) is 9.30. The maximum absolute atomic E-state index is 13.8. The molecule has 1 aliphatic heterocycles. The number of halogens is 3. The number of thioether (sulfide) groups is 1. The number of carbonyl (C=O) groups excluding carboxylic acids is 3. The minimum absolute atomic E-state index is 0.150.